The molecule has 3 aromatic carbocycles. The maximum atomic E-state index is 12.8. The first-order valence-electron chi connectivity index (χ1n) is 13.9. The molecule has 3 aromatic rings. The first kappa shape index (κ1) is 28.4. The Bertz CT molecular complexity index is 1390. The molecule has 0 saturated carbocycles. The highest BCUT2D eigenvalue weighted by molar-refractivity contribution is 5.83. The minimum atomic E-state index is -0.587. The lowest BCUT2D eigenvalue weighted by molar-refractivity contribution is -0.143. The predicted octanol–water partition coefficient (Wildman–Crippen LogP) is 9.54. The number of benzene rings is 3. The summed E-state index contributed by atoms with van der Waals surface area (Å²) in [6.45, 7) is 16.3. The van der Waals surface area contributed by atoms with Gasteiger partial charge in [-0.1, -0.05) is 74.5 Å². The third-order valence-corrected chi connectivity index (χ3v) is 7.02. The Balaban J connectivity index is 1.81. The summed E-state index contributed by atoms with van der Waals surface area (Å²) < 4.78 is 12.3. The van der Waals surface area contributed by atoms with E-state index in [1.807, 2.05) is 32.9 Å². The number of ether oxygens (including phenoxy) is 2. The van der Waals surface area contributed by atoms with Crippen LogP contribution < -0.4 is 9.47 Å². The largest absolute Gasteiger partial charge is 0.488 e. The van der Waals surface area contributed by atoms with Crippen LogP contribution in [-0.4, -0.2) is 11.6 Å². The van der Waals surface area contributed by atoms with Crippen LogP contribution in [-0.2, 0) is 10.2 Å². The van der Waals surface area contributed by atoms with E-state index < -0.39 is 5.41 Å². The van der Waals surface area contributed by atoms with Gasteiger partial charge in [-0.05, 0) is 101 Å². The Labute approximate surface area is 234 Å². The fourth-order valence-corrected chi connectivity index (χ4v) is 4.65. The number of rotatable bonds is 6. The van der Waals surface area contributed by atoms with Crippen molar-refractivity contribution in [2.75, 3.05) is 0 Å². The van der Waals surface area contributed by atoms with Gasteiger partial charge in [0.25, 0.3) is 0 Å². The Kier molecular flexibility index (Phi) is 7.93. The third kappa shape index (κ3) is 6.71. The van der Waals surface area contributed by atoms with Crippen molar-refractivity contribution in [3.05, 3.63) is 102 Å². The van der Waals surface area contributed by atoms with E-state index in [2.05, 4.69) is 107 Å². The Morgan fingerprint density at radius 2 is 1.33 bits per heavy atom. The number of allylic oxidation sites excluding steroid dienone is 4. The molecule has 0 bridgehead atoms. The molecule has 1 aliphatic rings. The second kappa shape index (κ2) is 10.9. The molecule has 3 nitrogen and oxygen atoms in total. The van der Waals surface area contributed by atoms with Crippen LogP contribution in [0.3, 0.4) is 0 Å². The van der Waals surface area contributed by atoms with Crippen molar-refractivity contribution in [3.63, 3.8) is 0 Å². The van der Waals surface area contributed by atoms with Crippen LogP contribution in [0.25, 0.3) is 16.7 Å². The van der Waals surface area contributed by atoms with E-state index in [4.69, 9.17) is 9.47 Å². The molecule has 39 heavy (non-hydrogen) atoms. The van der Waals surface area contributed by atoms with Gasteiger partial charge < -0.3 is 9.47 Å². The van der Waals surface area contributed by atoms with Crippen molar-refractivity contribution in [1.82, 2.24) is 0 Å². The highest BCUT2D eigenvalue weighted by atomic mass is 16.5. The molecule has 0 unspecified atom stereocenters. The molecule has 1 aliphatic carbocycles. The fourth-order valence-electron chi connectivity index (χ4n) is 4.65. The number of carbonyl (C=O) groups excluding carboxylic acids is 1. The minimum Gasteiger partial charge on any atom is -0.488 e. The summed E-state index contributed by atoms with van der Waals surface area (Å²) in [5.41, 5.74) is 5.36. The maximum Gasteiger partial charge on any atom is 0.316 e. The van der Waals surface area contributed by atoms with Crippen LogP contribution in [0.2, 0.25) is 0 Å². The van der Waals surface area contributed by atoms with E-state index in [0.29, 0.717) is 5.75 Å². The quantitative estimate of drug-likeness (QED) is 0.239. The zero-order chi connectivity index (χ0) is 28.4. The van der Waals surface area contributed by atoms with Crippen LogP contribution in [0.4, 0.5) is 0 Å². The molecular formula is C36H42O3. The van der Waals surface area contributed by atoms with Gasteiger partial charge in [0, 0.05) is 16.5 Å². The molecule has 0 aromatic heterocycles. The van der Waals surface area contributed by atoms with Crippen LogP contribution in [0, 0.1) is 5.41 Å². The molecule has 3 heteroatoms. The lowest BCUT2D eigenvalue weighted by Gasteiger charge is -2.30. The Morgan fingerprint density at radius 1 is 0.718 bits per heavy atom. The molecule has 204 valence electrons. The highest BCUT2D eigenvalue weighted by Gasteiger charge is 2.29. The van der Waals surface area contributed by atoms with Crippen molar-refractivity contribution >= 4 is 11.5 Å². The molecule has 4 rings (SSSR count). The molecule has 0 spiro atoms. The molecule has 0 atom stereocenters. The van der Waals surface area contributed by atoms with Crippen molar-refractivity contribution in [1.29, 1.82) is 0 Å². The average molecular weight is 523 g/mol. The zero-order valence-corrected chi connectivity index (χ0v) is 24.7. The molecule has 0 heterocycles. The van der Waals surface area contributed by atoms with Gasteiger partial charge in [-0.3, -0.25) is 4.79 Å². The molecule has 0 fully saturated rings. The monoisotopic (exact) mass is 522 g/mol. The van der Waals surface area contributed by atoms with Gasteiger partial charge in [-0.25, -0.2) is 0 Å². The van der Waals surface area contributed by atoms with Gasteiger partial charge in [-0.2, -0.15) is 0 Å². The molecular weight excluding hydrogens is 480 g/mol. The summed E-state index contributed by atoms with van der Waals surface area (Å²) >= 11 is 0. The van der Waals surface area contributed by atoms with Crippen molar-refractivity contribution < 1.29 is 14.3 Å². The second-order valence-corrected chi connectivity index (χ2v) is 12.9. The molecule has 0 N–H and O–H groups in total. The SMILES string of the molecule is CC(C)(C)Oc1ccc(C(C)(C)c2ccc(OC(=O)C(C)(C)C)c(C3=CCCC=C3)c2)cc1-c1ccccc1. The van der Waals surface area contributed by atoms with Crippen LogP contribution >= 0.6 is 0 Å². The number of hydrogen-bond acceptors (Lipinski definition) is 3. The van der Waals surface area contributed by atoms with Gasteiger partial charge in [-0.15, -0.1) is 0 Å². The summed E-state index contributed by atoms with van der Waals surface area (Å²) in [6, 6.07) is 23.1. The minimum absolute atomic E-state index is 0.238. The normalized spacial score (nSPS) is 14.1. The van der Waals surface area contributed by atoms with Crippen molar-refractivity contribution in [2.24, 2.45) is 5.41 Å². The maximum absolute atomic E-state index is 12.8. The predicted molar refractivity (Wildman–Crippen MR) is 162 cm³/mol. The van der Waals surface area contributed by atoms with Crippen LogP contribution in [0.5, 0.6) is 11.5 Å². The summed E-state index contributed by atoms with van der Waals surface area (Å²) in [7, 11) is 0. The smallest absolute Gasteiger partial charge is 0.316 e. The molecule has 0 amide bonds. The van der Waals surface area contributed by atoms with E-state index in [-0.39, 0.29) is 17.0 Å². The van der Waals surface area contributed by atoms with Crippen molar-refractivity contribution in [3.8, 4) is 22.6 Å². The lowest BCUT2D eigenvalue weighted by atomic mass is 9.76. The first-order valence-corrected chi connectivity index (χ1v) is 13.9. The molecule has 0 saturated heterocycles. The topological polar surface area (TPSA) is 35.5 Å². The standard InChI is InChI=1S/C36H42O3/c1-34(2,3)33(37)38-31-21-19-27(23-29(31)25-15-11-9-12-16-25)36(7,8)28-20-22-32(39-35(4,5)6)30(24-28)26-17-13-10-14-18-26/h10-11,13-24H,9,12H2,1-8H3. The fraction of sp³-hybridized carbons (Fsp3) is 0.361. The Morgan fingerprint density at radius 3 is 1.90 bits per heavy atom. The van der Waals surface area contributed by atoms with Gasteiger partial charge in [0.05, 0.1) is 5.41 Å². The van der Waals surface area contributed by atoms with E-state index in [1.54, 1.807) is 0 Å². The van der Waals surface area contributed by atoms with Gasteiger partial charge in [0.15, 0.2) is 0 Å². The summed E-state index contributed by atoms with van der Waals surface area (Å²) in [5.74, 6) is 1.24. The van der Waals surface area contributed by atoms with E-state index >= 15 is 0 Å². The van der Waals surface area contributed by atoms with Gasteiger partial charge >= 0.3 is 5.97 Å². The van der Waals surface area contributed by atoms with Crippen LogP contribution in [0.15, 0.2) is 85.0 Å². The van der Waals surface area contributed by atoms with Crippen molar-refractivity contribution in [2.45, 2.75) is 79.2 Å². The van der Waals surface area contributed by atoms with E-state index in [1.165, 1.54) is 5.56 Å². The van der Waals surface area contributed by atoms with Crippen LogP contribution in [0.1, 0.15) is 84.9 Å². The van der Waals surface area contributed by atoms with E-state index in [0.717, 1.165) is 46.4 Å². The number of esters is 1. The zero-order valence-electron chi connectivity index (χ0n) is 24.7. The van der Waals surface area contributed by atoms with Gasteiger partial charge in [0.1, 0.15) is 17.1 Å². The summed E-state index contributed by atoms with van der Waals surface area (Å²) in [4.78, 5) is 12.8. The van der Waals surface area contributed by atoms with Gasteiger partial charge in [0.2, 0.25) is 0 Å². The molecule has 0 aliphatic heterocycles. The third-order valence-electron chi connectivity index (χ3n) is 7.02. The Hall–Kier alpha value is -3.59. The highest BCUT2D eigenvalue weighted by Crippen LogP contribution is 2.41. The summed E-state index contributed by atoms with van der Waals surface area (Å²) in [5, 5.41) is 0. The lowest BCUT2D eigenvalue weighted by Crippen LogP contribution is -2.26. The first-order chi connectivity index (χ1) is 18.3. The average Bonchev–Trinajstić information content (AvgIpc) is 2.88. The number of hydrogen-bond donors (Lipinski definition) is 0. The second-order valence-electron chi connectivity index (χ2n) is 12.9. The molecule has 0 radical (unpaired) electrons. The van der Waals surface area contributed by atoms with E-state index in [9.17, 15) is 4.79 Å². The summed E-state index contributed by atoms with van der Waals surface area (Å²) in [6.07, 6.45) is 8.55. The number of carbonyl (C=O) groups is 1.